The highest BCUT2D eigenvalue weighted by Gasteiger charge is 2.46. The number of carbonyl (C=O) groups excluding carboxylic acids is 1. The number of hydrogen-bond donors (Lipinski definition) is 0. The Balaban J connectivity index is 3.14. The monoisotopic (exact) mass is 253 g/mol. The lowest BCUT2D eigenvalue weighted by atomic mass is 9.70. The van der Waals surface area contributed by atoms with Crippen molar-refractivity contribution in [3.63, 3.8) is 0 Å². The normalized spacial score (nSPS) is 26.9. The molecule has 1 heterocycles. The van der Waals surface area contributed by atoms with Gasteiger partial charge in [-0.05, 0) is 25.2 Å². The zero-order valence-electron chi connectivity index (χ0n) is 13.4. The molecule has 106 valence electrons. The summed E-state index contributed by atoms with van der Waals surface area (Å²) < 4.78 is 0. The standard InChI is InChI=1S/C16H31NO/c1-14(2,3)13(18)17-12-10-8-9-11-16(17,7)15(4,5)6/h8-12H2,1-7H3. The van der Waals surface area contributed by atoms with Gasteiger partial charge in [-0.25, -0.2) is 0 Å². The molecule has 0 aromatic rings. The topological polar surface area (TPSA) is 20.3 Å². The van der Waals surface area contributed by atoms with Crippen LogP contribution in [0.3, 0.4) is 0 Å². The lowest BCUT2D eigenvalue weighted by Crippen LogP contribution is -2.59. The van der Waals surface area contributed by atoms with Crippen molar-refractivity contribution in [3.8, 4) is 0 Å². The van der Waals surface area contributed by atoms with E-state index in [4.69, 9.17) is 0 Å². The molecule has 0 spiro atoms. The van der Waals surface area contributed by atoms with Crippen LogP contribution < -0.4 is 0 Å². The van der Waals surface area contributed by atoms with Crippen molar-refractivity contribution in [2.45, 2.75) is 79.7 Å². The summed E-state index contributed by atoms with van der Waals surface area (Å²) in [5.41, 5.74) is -0.178. The average molecular weight is 253 g/mol. The highest BCUT2D eigenvalue weighted by molar-refractivity contribution is 5.82. The molecule has 0 bridgehead atoms. The molecule has 0 aromatic heterocycles. The van der Waals surface area contributed by atoms with Gasteiger partial charge in [0.15, 0.2) is 0 Å². The minimum atomic E-state index is -0.281. The van der Waals surface area contributed by atoms with E-state index in [2.05, 4.69) is 32.6 Å². The quantitative estimate of drug-likeness (QED) is 0.632. The molecule has 1 atom stereocenters. The van der Waals surface area contributed by atoms with Gasteiger partial charge in [0, 0.05) is 17.5 Å². The molecule has 1 aliphatic rings. The second-order valence-electron chi connectivity index (χ2n) is 8.04. The predicted molar refractivity (Wildman–Crippen MR) is 77.5 cm³/mol. The van der Waals surface area contributed by atoms with Crippen molar-refractivity contribution in [3.05, 3.63) is 0 Å². The van der Waals surface area contributed by atoms with Crippen LogP contribution in [0.2, 0.25) is 0 Å². The van der Waals surface area contributed by atoms with Crippen LogP contribution >= 0.6 is 0 Å². The van der Waals surface area contributed by atoms with Gasteiger partial charge in [-0.3, -0.25) is 4.79 Å². The Morgan fingerprint density at radius 1 is 1.00 bits per heavy atom. The first-order valence-corrected chi connectivity index (χ1v) is 7.32. The first-order chi connectivity index (χ1) is 8.00. The summed E-state index contributed by atoms with van der Waals surface area (Å²) in [6.45, 7) is 16.1. The molecule has 2 nitrogen and oxygen atoms in total. The zero-order chi connectivity index (χ0) is 14.2. The van der Waals surface area contributed by atoms with Crippen molar-refractivity contribution in [1.82, 2.24) is 4.90 Å². The fourth-order valence-corrected chi connectivity index (χ4v) is 2.81. The Morgan fingerprint density at radius 3 is 2.00 bits per heavy atom. The van der Waals surface area contributed by atoms with Gasteiger partial charge in [0.25, 0.3) is 0 Å². The van der Waals surface area contributed by atoms with Gasteiger partial charge < -0.3 is 4.90 Å². The second-order valence-corrected chi connectivity index (χ2v) is 8.04. The molecular formula is C16H31NO. The van der Waals surface area contributed by atoms with Gasteiger partial charge in [-0.2, -0.15) is 0 Å². The molecule has 1 fully saturated rings. The highest BCUT2D eigenvalue weighted by atomic mass is 16.2. The Morgan fingerprint density at radius 2 is 1.56 bits per heavy atom. The minimum absolute atomic E-state index is 0.0200. The SMILES string of the molecule is CC(C)(C)C(=O)N1CCCCCC1(C)C(C)(C)C. The predicted octanol–water partition coefficient (Wildman–Crippen LogP) is 4.24. The number of amides is 1. The van der Waals surface area contributed by atoms with E-state index < -0.39 is 0 Å². The lowest BCUT2D eigenvalue weighted by Gasteiger charge is -2.51. The van der Waals surface area contributed by atoms with Crippen LogP contribution in [0.4, 0.5) is 0 Å². The Bertz CT molecular complexity index is 308. The molecule has 0 radical (unpaired) electrons. The molecule has 1 amide bonds. The fourth-order valence-electron chi connectivity index (χ4n) is 2.81. The van der Waals surface area contributed by atoms with Crippen LogP contribution in [0.1, 0.15) is 74.1 Å². The largest absolute Gasteiger partial charge is 0.336 e. The maximum absolute atomic E-state index is 12.8. The summed E-state index contributed by atoms with van der Waals surface area (Å²) >= 11 is 0. The maximum atomic E-state index is 12.8. The molecule has 18 heavy (non-hydrogen) atoms. The van der Waals surface area contributed by atoms with Crippen molar-refractivity contribution in [2.75, 3.05) is 6.54 Å². The molecular weight excluding hydrogens is 222 g/mol. The van der Waals surface area contributed by atoms with Crippen molar-refractivity contribution >= 4 is 5.91 Å². The first-order valence-electron chi connectivity index (χ1n) is 7.32. The van der Waals surface area contributed by atoms with Crippen LogP contribution in [0.5, 0.6) is 0 Å². The van der Waals surface area contributed by atoms with Gasteiger partial charge in [0.2, 0.25) is 5.91 Å². The fraction of sp³-hybridized carbons (Fsp3) is 0.938. The van der Waals surface area contributed by atoms with E-state index in [9.17, 15) is 4.79 Å². The smallest absolute Gasteiger partial charge is 0.228 e. The zero-order valence-corrected chi connectivity index (χ0v) is 13.4. The van der Waals surface area contributed by atoms with E-state index in [1.807, 2.05) is 20.8 Å². The second kappa shape index (κ2) is 4.86. The lowest BCUT2D eigenvalue weighted by molar-refractivity contribution is -0.150. The van der Waals surface area contributed by atoms with E-state index in [0.29, 0.717) is 5.91 Å². The number of rotatable bonds is 0. The van der Waals surface area contributed by atoms with Crippen molar-refractivity contribution in [1.29, 1.82) is 0 Å². The van der Waals surface area contributed by atoms with Gasteiger partial charge in [0.1, 0.15) is 0 Å². The van der Waals surface area contributed by atoms with E-state index in [-0.39, 0.29) is 16.4 Å². The van der Waals surface area contributed by atoms with Crippen LogP contribution in [-0.2, 0) is 4.79 Å². The molecule has 1 saturated heterocycles. The number of hydrogen-bond acceptors (Lipinski definition) is 1. The van der Waals surface area contributed by atoms with Crippen LogP contribution in [0, 0.1) is 10.8 Å². The Hall–Kier alpha value is -0.530. The third kappa shape index (κ3) is 2.89. The molecule has 0 saturated carbocycles. The Kier molecular flexibility index (Phi) is 4.19. The number of likely N-dealkylation sites (tertiary alicyclic amines) is 1. The summed E-state index contributed by atoms with van der Waals surface area (Å²) in [5, 5.41) is 0. The Labute approximate surface area is 113 Å². The van der Waals surface area contributed by atoms with Crippen LogP contribution in [0.15, 0.2) is 0 Å². The number of carbonyl (C=O) groups is 1. The minimum Gasteiger partial charge on any atom is -0.336 e. The molecule has 1 aliphatic heterocycles. The molecule has 0 aliphatic carbocycles. The summed E-state index contributed by atoms with van der Waals surface area (Å²) in [4.78, 5) is 14.9. The van der Waals surface area contributed by atoms with E-state index >= 15 is 0 Å². The summed E-state index contributed by atoms with van der Waals surface area (Å²) in [7, 11) is 0. The summed E-state index contributed by atoms with van der Waals surface area (Å²) in [6, 6.07) is 0. The molecule has 1 rings (SSSR count). The van der Waals surface area contributed by atoms with E-state index in [1.54, 1.807) is 0 Å². The maximum Gasteiger partial charge on any atom is 0.228 e. The van der Waals surface area contributed by atoms with Gasteiger partial charge in [-0.15, -0.1) is 0 Å². The number of nitrogens with zero attached hydrogens (tertiary/aromatic N) is 1. The molecule has 2 heteroatoms. The van der Waals surface area contributed by atoms with Crippen LogP contribution in [-0.4, -0.2) is 22.9 Å². The third-order valence-corrected chi connectivity index (χ3v) is 4.64. The van der Waals surface area contributed by atoms with Gasteiger partial charge in [-0.1, -0.05) is 54.4 Å². The molecule has 0 N–H and O–H groups in total. The van der Waals surface area contributed by atoms with Gasteiger partial charge in [0.05, 0.1) is 0 Å². The van der Waals surface area contributed by atoms with Crippen molar-refractivity contribution in [2.24, 2.45) is 10.8 Å². The van der Waals surface area contributed by atoms with Crippen LogP contribution in [0.25, 0.3) is 0 Å². The van der Waals surface area contributed by atoms with Crippen molar-refractivity contribution < 1.29 is 4.79 Å². The highest BCUT2D eigenvalue weighted by Crippen LogP contribution is 2.43. The average Bonchev–Trinajstić information content (AvgIpc) is 2.37. The summed E-state index contributed by atoms with van der Waals surface area (Å²) in [5.74, 6) is 0.307. The van der Waals surface area contributed by atoms with Gasteiger partial charge >= 0.3 is 0 Å². The molecule has 1 unspecified atom stereocenters. The third-order valence-electron chi connectivity index (χ3n) is 4.64. The van der Waals surface area contributed by atoms with E-state index in [1.165, 1.54) is 12.8 Å². The van der Waals surface area contributed by atoms with E-state index in [0.717, 1.165) is 19.4 Å². The first kappa shape index (κ1) is 15.5. The summed E-state index contributed by atoms with van der Waals surface area (Å²) in [6.07, 6.45) is 4.76. The molecule has 0 aromatic carbocycles.